The molecule has 0 saturated carbocycles. The average molecular weight is 634 g/mol. The van der Waals surface area contributed by atoms with Gasteiger partial charge >= 0.3 is 18.5 Å². The van der Waals surface area contributed by atoms with Gasteiger partial charge in [0.15, 0.2) is 0 Å². The van der Waals surface area contributed by atoms with Gasteiger partial charge in [-0.25, -0.2) is 14.3 Å². The molecular weight excluding hydrogens is 595 g/mol. The van der Waals surface area contributed by atoms with Crippen molar-refractivity contribution in [2.24, 2.45) is 11.3 Å². The number of urea groups is 1. The van der Waals surface area contributed by atoms with Crippen molar-refractivity contribution in [3.05, 3.63) is 65.2 Å². The molecule has 11 nitrogen and oxygen atoms in total. The molecule has 1 saturated heterocycles. The highest BCUT2D eigenvalue weighted by Gasteiger charge is 2.44. The Bertz CT molecular complexity index is 1490. The fourth-order valence-corrected chi connectivity index (χ4v) is 5.70. The van der Waals surface area contributed by atoms with Crippen LogP contribution in [-0.2, 0) is 17.9 Å². The number of para-hydroxylation sites is 1. The van der Waals surface area contributed by atoms with Gasteiger partial charge in [0.05, 0.1) is 24.5 Å². The van der Waals surface area contributed by atoms with Crippen molar-refractivity contribution in [3.63, 3.8) is 0 Å². The highest BCUT2D eigenvalue weighted by Crippen LogP contribution is 2.38. The van der Waals surface area contributed by atoms with Crippen LogP contribution in [0.15, 0.2) is 48.5 Å². The largest absolute Gasteiger partial charge is 0.573 e. The molecule has 2 unspecified atom stereocenters. The number of likely N-dealkylation sites (tertiary alicyclic amines) is 1. The number of amides is 3. The number of nitrogens with zero attached hydrogens (tertiary/aromatic N) is 3. The van der Waals surface area contributed by atoms with E-state index in [-0.39, 0.29) is 48.6 Å². The molecule has 2 aromatic carbocycles. The predicted octanol–water partition coefficient (Wildman–Crippen LogP) is 6.34. The zero-order chi connectivity index (χ0) is 32.9. The molecular formula is C31H38F3N5O6. The number of aromatic nitrogens is 2. The van der Waals surface area contributed by atoms with Crippen LogP contribution in [0.4, 0.5) is 28.6 Å². The summed E-state index contributed by atoms with van der Waals surface area (Å²) in [6.07, 6.45) is -5.25. The first-order chi connectivity index (χ1) is 21.2. The Morgan fingerprint density at radius 1 is 1.11 bits per heavy atom. The monoisotopic (exact) mass is 633 g/mol. The van der Waals surface area contributed by atoms with Gasteiger partial charge in [0.25, 0.3) is 0 Å². The van der Waals surface area contributed by atoms with Crippen molar-refractivity contribution < 1.29 is 42.1 Å². The van der Waals surface area contributed by atoms with Gasteiger partial charge < -0.3 is 29.5 Å². The zero-order valence-electron chi connectivity index (χ0n) is 25.8. The second-order valence-corrected chi connectivity index (χ2v) is 11.9. The van der Waals surface area contributed by atoms with Crippen molar-refractivity contribution in [1.82, 2.24) is 20.0 Å². The van der Waals surface area contributed by atoms with E-state index in [1.54, 1.807) is 31.2 Å². The van der Waals surface area contributed by atoms with E-state index in [0.29, 0.717) is 35.6 Å². The van der Waals surface area contributed by atoms with E-state index in [1.807, 2.05) is 26.8 Å². The molecule has 3 aromatic rings. The minimum Gasteiger partial charge on any atom is -0.476 e. The first-order valence-corrected chi connectivity index (χ1v) is 14.4. The highest BCUT2D eigenvalue weighted by molar-refractivity contribution is 5.89. The van der Waals surface area contributed by atoms with Gasteiger partial charge in [0.1, 0.15) is 11.6 Å². The van der Waals surface area contributed by atoms with Crippen molar-refractivity contribution in [1.29, 1.82) is 0 Å². The number of rotatable bonds is 10. The van der Waals surface area contributed by atoms with Gasteiger partial charge in [-0.3, -0.25) is 5.32 Å². The lowest BCUT2D eigenvalue weighted by Gasteiger charge is -2.36. The van der Waals surface area contributed by atoms with E-state index in [0.717, 1.165) is 0 Å². The van der Waals surface area contributed by atoms with E-state index in [2.05, 4.69) is 20.5 Å². The average Bonchev–Trinajstić information content (AvgIpc) is 3.53. The van der Waals surface area contributed by atoms with Crippen molar-refractivity contribution in [2.45, 2.75) is 59.7 Å². The third-order valence-electron chi connectivity index (χ3n) is 7.50. The maximum absolute atomic E-state index is 13.1. The van der Waals surface area contributed by atoms with Crippen LogP contribution < -0.4 is 20.1 Å². The Balaban J connectivity index is 1.54. The third kappa shape index (κ3) is 8.38. The second kappa shape index (κ2) is 13.7. The molecule has 1 fully saturated rings. The molecule has 1 aromatic heterocycles. The number of benzene rings is 2. The van der Waals surface area contributed by atoms with E-state index in [9.17, 15) is 27.9 Å². The standard InChI is InChI=1S/C31H38F3N5O6/c1-19-26(36-28(40)35-16-22-15-20(17-43-5)11-12-24(22)45-31(32,33)34)39(23-9-7-6-8-10-23)37-27(19)44-18-21-13-14-38(29(41)42)25(21)30(2,3)4/h6-12,15,21,25H,13-14,16-18H2,1-5H3,(H,41,42)(H2,35,36,40). The predicted molar refractivity (Wildman–Crippen MR) is 160 cm³/mol. The van der Waals surface area contributed by atoms with Crippen LogP contribution in [0, 0.1) is 18.3 Å². The van der Waals surface area contributed by atoms with Gasteiger partial charge in [-0.05, 0) is 48.6 Å². The number of halogens is 3. The first-order valence-electron chi connectivity index (χ1n) is 14.4. The Hall–Kier alpha value is -4.46. The molecule has 2 heterocycles. The summed E-state index contributed by atoms with van der Waals surface area (Å²) in [6, 6.07) is 12.2. The fourth-order valence-electron chi connectivity index (χ4n) is 5.70. The van der Waals surface area contributed by atoms with Gasteiger partial charge in [0, 0.05) is 37.7 Å². The lowest BCUT2D eigenvalue weighted by molar-refractivity contribution is -0.274. The number of carbonyl (C=O) groups excluding carboxylic acids is 1. The summed E-state index contributed by atoms with van der Waals surface area (Å²) in [4.78, 5) is 26.4. The molecule has 0 bridgehead atoms. The van der Waals surface area contributed by atoms with Crippen LogP contribution >= 0.6 is 0 Å². The van der Waals surface area contributed by atoms with E-state index in [1.165, 1.54) is 34.9 Å². The van der Waals surface area contributed by atoms with Gasteiger partial charge in [0.2, 0.25) is 5.88 Å². The van der Waals surface area contributed by atoms with Crippen LogP contribution in [0.5, 0.6) is 11.6 Å². The number of carboxylic acid groups (broad SMARTS) is 1. The van der Waals surface area contributed by atoms with Crippen LogP contribution in [0.2, 0.25) is 0 Å². The maximum atomic E-state index is 13.1. The summed E-state index contributed by atoms with van der Waals surface area (Å²) in [5.41, 5.74) is 1.53. The Morgan fingerprint density at radius 2 is 1.82 bits per heavy atom. The third-order valence-corrected chi connectivity index (χ3v) is 7.50. The van der Waals surface area contributed by atoms with Gasteiger partial charge in [-0.1, -0.05) is 45.0 Å². The normalized spacial score (nSPS) is 16.8. The number of alkyl halides is 3. The second-order valence-electron chi connectivity index (χ2n) is 11.9. The topological polar surface area (TPSA) is 127 Å². The SMILES string of the molecule is COCc1ccc(OC(F)(F)F)c(CNC(=O)Nc2c(C)c(OCC3CCN(C(=O)O)C3C(C)(C)C)nn2-c2ccccc2)c1. The Kier molecular flexibility index (Phi) is 10.2. The van der Waals surface area contributed by atoms with Gasteiger partial charge in [-0.2, -0.15) is 0 Å². The molecule has 3 amide bonds. The van der Waals surface area contributed by atoms with E-state index < -0.39 is 24.2 Å². The quantitative estimate of drug-likeness (QED) is 0.238. The summed E-state index contributed by atoms with van der Waals surface area (Å²) in [7, 11) is 1.46. The number of hydrogen-bond donors (Lipinski definition) is 3. The molecule has 3 N–H and O–H groups in total. The van der Waals surface area contributed by atoms with Gasteiger partial charge in [-0.15, -0.1) is 18.3 Å². The number of ether oxygens (including phenoxy) is 3. The fraction of sp³-hybridized carbons (Fsp3) is 0.452. The Labute approximate surface area is 259 Å². The molecule has 1 aliphatic heterocycles. The van der Waals surface area contributed by atoms with Crippen LogP contribution in [0.1, 0.15) is 43.9 Å². The summed E-state index contributed by atoms with van der Waals surface area (Å²) < 4.78 is 55.9. The van der Waals surface area contributed by atoms with Crippen molar-refractivity contribution >= 4 is 17.9 Å². The smallest absolute Gasteiger partial charge is 0.476 e. The molecule has 0 spiro atoms. The summed E-state index contributed by atoms with van der Waals surface area (Å²) in [6.45, 7) is 8.21. The molecule has 1 aliphatic rings. The maximum Gasteiger partial charge on any atom is 0.573 e. The molecule has 0 radical (unpaired) electrons. The number of carbonyl (C=O) groups is 2. The number of methoxy groups -OCH3 is 1. The lowest BCUT2D eigenvalue weighted by atomic mass is 9.80. The number of anilines is 1. The molecule has 2 atom stereocenters. The van der Waals surface area contributed by atoms with E-state index in [4.69, 9.17) is 9.47 Å². The molecule has 0 aliphatic carbocycles. The minimum atomic E-state index is -4.91. The van der Waals surface area contributed by atoms with Crippen molar-refractivity contribution in [3.8, 4) is 17.3 Å². The Morgan fingerprint density at radius 3 is 2.44 bits per heavy atom. The molecule has 244 valence electrons. The van der Waals surface area contributed by atoms with Crippen LogP contribution in [0.3, 0.4) is 0 Å². The number of nitrogens with one attached hydrogen (secondary N) is 2. The zero-order valence-corrected chi connectivity index (χ0v) is 25.8. The van der Waals surface area contributed by atoms with Crippen LogP contribution in [0.25, 0.3) is 5.69 Å². The van der Waals surface area contributed by atoms with E-state index >= 15 is 0 Å². The highest BCUT2D eigenvalue weighted by atomic mass is 19.4. The summed E-state index contributed by atoms with van der Waals surface area (Å²) >= 11 is 0. The number of hydrogen-bond acceptors (Lipinski definition) is 6. The molecule has 45 heavy (non-hydrogen) atoms. The summed E-state index contributed by atoms with van der Waals surface area (Å²) in [5.74, 6) is 0.0260. The van der Waals surface area contributed by atoms with Crippen LogP contribution in [-0.4, -0.2) is 64.6 Å². The first kappa shape index (κ1) is 33.4. The molecule has 14 heteroatoms. The minimum absolute atomic E-state index is 0.0796. The summed E-state index contributed by atoms with van der Waals surface area (Å²) in [5, 5.41) is 19.7. The lowest BCUT2D eigenvalue weighted by Crippen LogP contribution is -2.46. The van der Waals surface area contributed by atoms with Crippen molar-refractivity contribution in [2.75, 3.05) is 25.6 Å². The molecule has 4 rings (SSSR count).